The Morgan fingerprint density at radius 3 is 2.66 bits per heavy atom. The first-order chi connectivity index (χ1) is 14.0. The van der Waals surface area contributed by atoms with Crippen LogP contribution in [0.25, 0.3) is 17.1 Å². The van der Waals surface area contributed by atoms with E-state index < -0.39 is 0 Å². The normalized spacial score (nSPS) is 10.9. The van der Waals surface area contributed by atoms with Crippen LogP contribution in [-0.4, -0.2) is 46.3 Å². The molecule has 0 saturated carbocycles. The van der Waals surface area contributed by atoms with Gasteiger partial charge >= 0.3 is 0 Å². The summed E-state index contributed by atoms with van der Waals surface area (Å²) >= 11 is 6.13. The number of nitrogens with zero attached hydrogens (tertiary/aromatic N) is 8. The van der Waals surface area contributed by atoms with Crippen molar-refractivity contribution in [1.82, 2.24) is 40.4 Å². The first kappa shape index (κ1) is 18.7. The molecule has 4 aromatic rings. The Bertz CT molecular complexity index is 1150. The van der Waals surface area contributed by atoms with Crippen LogP contribution in [0.15, 0.2) is 42.7 Å². The van der Waals surface area contributed by atoms with Crippen LogP contribution in [0.2, 0.25) is 5.02 Å². The van der Waals surface area contributed by atoms with Crippen LogP contribution in [0.1, 0.15) is 11.1 Å². The second-order valence-corrected chi connectivity index (χ2v) is 6.81. The lowest BCUT2D eigenvalue weighted by atomic mass is 10.1. The van der Waals surface area contributed by atoms with Gasteiger partial charge in [0.05, 0.1) is 11.3 Å². The number of carbonyl (C=O) groups excluding carboxylic acids is 1. The summed E-state index contributed by atoms with van der Waals surface area (Å²) in [5, 5.41) is 26.9. The molecule has 0 aliphatic heterocycles. The fraction of sp³-hybridized carbons (Fsp3) is 0.167. The van der Waals surface area contributed by atoms with Crippen LogP contribution in [0, 0.1) is 13.8 Å². The van der Waals surface area contributed by atoms with E-state index in [1.807, 2.05) is 32.0 Å². The number of nitrogens with one attached hydrogen (secondary N) is 1. The molecule has 0 atom stereocenters. The average molecular weight is 410 g/mol. The number of tetrazole rings is 2. The highest BCUT2D eigenvalue weighted by atomic mass is 35.5. The van der Waals surface area contributed by atoms with Crippen molar-refractivity contribution in [2.24, 2.45) is 0 Å². The van der Waals surface area contributed by atoms with Crippen molar-refractivity contribution in [2.45, 2.75) is 20.4 Å². The van der Waals surface area contributed by atoms with E-state index in [-0.39, 0.29) is 12.5 Å². The van der Waals surface area contributed by atoms with Crippen LogP contribution in [0.5, 0.6) is 0 Å². The van der Waals surface area contributed by atoms with Crippen molar-refractivity contribution >= 4 is 23.2 Å². The summed E-state index contributed by atoms with van der Waals surface area (Å²) in [5.74, 6) is 0.0519. The van der Waals surface area contributed by atoms with Crippen molar-refractivity contribution in [2.75, 3.05) is 5.32 Å². The third-order valence-corrected chi connectivity index (χ3v) is 4.51. The lowest BCUT2D eigenvalue weighted by molar-refractivity contribution is -0.117. The first-order valence-electron chi connectivity index (χ1n) is 8.68. The molecule has 0 fully saturated rings. The number of carbonyl (C=O) groups is 1. The summed E-state index contributed by atoms with van der Waals surface area (Å²) in [6.45, 7) is 3.80. The van der Waals surface area contributed by atoms with Crippen LogP contribution >= 0.6 is 11.6 Å². The van der Waals surface area contributed by atoms with Crippen molar-refractivity contribution < 1.29 is 4.79 Å². The molecule has 1 amide bonds. The van der Waals surface area contributed by atoms with Crippen molar-refractivity contribution in [1.29, 1.82) is 0 Å². The topological polar surface area (TPSA) is 116 Å². The van der Waals surface area contributed by atoms with Gasteiger partial charge in [-0.05, 0) is 58.8 Å². The van der Waals surface area contributed by atoms with E-state index >= 15 is 0 Å². The van der Waals surface area contributed by atoms with Gasteiger partial charge in [0.15, 0.2) is 0 Å². The van der Waals surface area contributed by atoms with E-state index in [4.69, 9.17) is 11.6 Å². The lowest BCUT2D eigenvalue weighted by Gasteiger charge is -2.10. The van der Waals surface area contributed by atoms with Gasteiger partial charge in [-0.3, -0.25) is 4.79 Å². The fourth-order valence-electron chi connectivity index (χ4n) is 2.90. The molecular weight excluding hydrogens is 394 g/mol. The molecule has 146 valence electrons. The quantitative estimate of drug-likeness (QED) is 0.537. The SMILES string of the molecule is Cc1cccc(C)c1NC(=O)Cn1nnc(-c2cc(Cl)ccc2-n2cnnn2)n1. The largest absolute Gasteiger partial charge is 0.324 e. The molecule has 29 heavy (non-hydrogen) atoms. The molecule has 0 aliphatic carbocycles. The maximum Gasteiger partial charge on any atom is 0.248 e. The minimum Gasteiger partial charge on any atom is -0.324 e. The molecule has 1 N–H and O–H groups in total. The molecule has 2 aromatic carbocycles. The van der Waals surface area contributed by atoms with Gasteiger partial charge in [-0.15, -0.1) is 15.3 Å². The molecular formula is C18H16ClN9O. The van der Waals surface area contributed by atoms with E-state index in [1.54, 1.807) is 18.2 Å². The molecule has 0 saturated heterocycles. The van der Waals surface area contributed by atoms with Gasteiger partial charge < -0.3 is 5.32 Å². The summed E-state index contributed by atoms with van der Waals surface area (Å²) in [6, 6.07) is 11.0. The van der Waals surface area contributed by atoms with Crippen molar-refractivity contribution in [3.8, 4) is 17.1 Å². The number of anilines is 1. The van der Waals surface area contributed by atoms with Gasteiger partial charge in [0, 0.05) is 10.7 Å². The Labute approximate surface area is 170 Å². The molecule has 11 heteroatoms. The smallest absolute Gasteiger partial charge is 0.248 e. The molecule has 2 aromatic heterocycles. The average Bonchev–Trinajstić information content (AvgIpc) is 3.37. The number of hydrogen-bond acceptors (Lipinski definition) is 7. The number of aryl methyl sites for hydroxylation is 2. The van der Waals surface area contributed by atoms with E-state index in [1.165, 1.54) is 15.8 Å². The third kappa shape index (κ3) is 3.97. The molecule has 0 unspecified atom stereocenters. The molecule has 2 heterocycles. The summed E-state index contributed by atoms with van der Waals surface area (Å²) < 4.78 is 1.47. The number of halogens is 1. The number of amides is 1. The Balaban J connectivity index is 1.57. The lowest BCUT2D eigenvalue weighted by Crippen LogP contribution is -2.21. The Hall–Kier alpha value is -3.66. The highest BCUT2D eigenvalue weighted by Gasteiger charge is 2.16. The highest BCUT2D eigenvalue weighted by molar-refractivity contribution is 6.31. The van der Waals surface area contributed by atoms with Crippen LogP contribution in [0.4, 0.5) is 5.69 Å². The van der Waals surface area contributed by atoms with Gasteiger partial charge in [-0.2, -0.15) is 9.48 Å². The Morgan fingerprint density at radius 2 is 1.93 bits per heavy atom. The minimum atomic E-state index is -0.252. The molecule has 4 rings (SSSR count). The molecule has 0 spiro atoms. The zero-order valence-electron chi connectivity index (χ0n) is 15.6. The van der Waals surface area contributed by atoms with Crippen molar-refractivity contribution in [3.63, 3.8) is 0 Å². The van der Waals surface area contributed by atoms with E-state index in [2.05, 4.69) is 36.3 Å². The Kier molecular flexibility index (Phi) is 5.00. The molecule has 0 aliphatic rings. The summed E-state index contributed by atoms with van der Waals surface area (Å²) in [4.78, 5) is 13.7. The molecule has 0 radical (unpaired) electrons. The predicted molar refractivity (Wildman–Crippen MR) is 106 cm³/mol. The number of benzene rings is 2. The predicted octanol–water partition coefficient (Wildman–Crippen LogP) is 2.22. The molecule has 0 bridgehead atoms. The van der Waals surface area contributed by atoms with Crippen LogP contribution < -0.4 is 5.32 Å². The number of aromatic nitrogens is 8. The van der Waals surface area contributed by atoms with Gasteiger partial charge in [0.25, 0.3) is 0 Å². The second-order valence-electron chi connectivity index (χ2n) is 6.37. The maximum atomic E-state index is 12.4. The second kappa shape index (κ2) is 7.76. The minimum absolute atomic E-state index is 0.0818. The van der Waals surface area contributed by atoms with Gasteiger partial charge in [0.2, 0.25) is 11.7 Å². The van der Waals surface area contributed by atoms with Crippen molar-refractivity contribution in [3.05, 3.63) is 58.9 Å². The van der Waals surface area contributed by atoms with Gasteiger partial charge in [-0.1, -0.05) is 29.8 Å². The fourth-order valence-corrected chi connectivity index (χ4v) is 3.07. The van der Waals surface area contributed by atoms with E-state index in [9.17, 15) is 4.79 Å². The standard InChI is InChI=1S/C18H16ClN9O/c1-11-4-3-5-12(2)17(11)21-16(29)9-28-23-18(22-25-28)14-8-13(19)6-7-15(14)27-10-20-24-26-27/h3-8,10H,9H2,1-2H3,(H,21,29). The van der Waals surface area contributed by atoms with E-state index in [0.29, 0.717) is 22.1 Å². The molecule has 10 nitrogen and oxygen atoms in total. The highest BCUT2D eigenvalue weighted by Crippen LogP contribution is 2.26. The zero-order chi connectivity index (χ0) is 20.4. The van der Waals surface area contributed by atoms with E-state index in [0.717, 1.165) is 16.8 Å². The summed E-state index contributed by atoms with van der Waals surface area (Å²) in [5.41, 5.74) is 3.98. The third-order valence-electron chi connectivity index (χ3n) is 4.28. The number of hydrogen-bond donors (Lipinski definition) is 1. The Morgan fingerprint density at radius 1 is 1.14 bits per heavy atom. The van der Waals surface area contributed by atoms with Crippen LogP contribution in [0.3, 0.4) is 0 Å². The zero-order valence-corrected chi connectivity index (χ0v) is 16.4. The number of para-hydroxylation sites is 1. The number of rotatable bonds is 5. The first-order valence-corrected chi connectivity index (χ1v) is 9.06. The monoisotopic (exact) mass is 409 g/mol. The maximum absolute atomic E-state index is 12.4. The van der Waals surface area contributed by atoms with Gasteiger partial charge in [-0.25, -0.2) is 0 Å². The summed E-state index contributed by atoms with van der Waals surface area (Å²) in [7, 11) is 0. The van der Waals surface area contributed by atoms with Crippen LogP contribution in [-0.2, 0) is 11.3 Å². The summed E-state index contributed by atoms with van der Waals surface area (Å²) in [6.07, 6.45) is 1.45. The van der Waals surface area contributed by atoms with Gasteiger partial charge in [0.1, 0.15) is 12.9 Å².